The van der Waals surface area contributed by atoms with Crippen molar-refractivity contribution in [2.75, 3.05) is 26.7 Å². The van der Waals surface area contributed by atoms with Crippen molar-refractivity contribution < 1.29 is 14.3 Å². The van der Waals surface area contributed by atoms with Gasteiger partial charge in [0.2, 0.25) is 11.8 Å². The SMILES string of the molecule is CCCCN1C(=O)[C@@H]([C@H](OC)C(C)C)NC(=O)C12CCN(Cc1c(C)nn(-c3ccccc3)c1C)CC2. The Hall–Kier alpha value is -2.71. The van der Waals surface area contributed by atoms with Crippen LogP contribution in [-0.2, 0) is 20.9 Å². The first-order chi connectivity index (χ1) is 17.7. The van der Waals surface area contributed by atoms with Crippen molar-refractivity contribution in [3.05, 3.63) is 47.3 Å². The zero-order valence-electron chi connectivity index (χ0n) is 23.3. The lowest BCUT2D eigenvalue weighted by atomic mass is 9.80. The quantitative estimate of drug-likeness (QED) is 0.559. The molecule has 0 unspecified atom stereocenters. The Morgan fingerprint density at radius 2 is 1.81 bits per heavy atom. The van der Waals surface area contributed by atoms with Crippen molar-refractivity contribution in [3.63, 3.8) is 0 Å². The lowest BCUT2D eigenvalue weighted by molar-refractivity contribution is -0.166. The summed E-state index contributed by atoms with van der Waals surface area (Å²) in [5, 5.41) is 7.89. The molecule has 0 aliphatic carbocycles. The molecule has 0 radical (unpaired) electrons. The summed E-state index contributed by atoms with van der Waals surface area (Å²) < 4.78 is 7.67. The number of nitrogens with zero attached hydrogens (tertiary/aromatic N) is 4. The van der Waals surface area contributed by atoms with Crippen LogP contribution in [-0.4, -0.2) is 75.8 Å². The van der Waals surface area contributed by atoms with Crippen molar-refractivity contribution >= 4 is 11.8 Å². The molecule has 0 bridgehead atoms. The summed E-state index contributed by atoms with van der Waals surface area (Å²) in [6, 6.07) is 9.56. The van der Waals surface area contributed by atoms with E-state index in [4.69, 9.17) is 9.84 Å². The smallest absolute Gasteiger partial charge is 0.248 e. The van der Waals surface area contributed by atoms with Gasteiger partial charge >= 0.3 is 0 Å². The largest absolute Gasteiger partial charge is 0.378 e. The van der Waals surface area contributed by atoms with Crippen LogP contribution in [0.3, 0.4) is 0 Å². The van der Waals surface area contributed by atoms with E-state index >= 15 is 0 Å². The fourth-order valence-electron chi connectivity index (χ4n) is 6.02. The molecule has 1 spiro atoms. The molecule has 1 N–H and O–H groups in total. The molecule has 4 rings (SSSR count). The predicted molar refractivity (Wildman–Crippen MR) is 144 cm³/mol. The number of hydrogen-bond donors (Lipinski definition) is 1. The van der Waals surface area contributed by atoms with Crippen LogP contribution in [0.4, 0.5) is 0 Å². The third-order valence-corrected chi connectivity index (χ3v) is 8.26. The Kier molecular flexibility index (Phi) is 8.39. The second kappa shape index (κ2) is 11.4. The van der Waals surface area contributed by atoms with E-state index in [-0.39, 0.29) is 23.8 Å². The van der Waals surface area contributed by atoms with Crippen LogP contribution in [0, 0.1) is 19.8 Å². The second-order valence-electron chi connectivity index (χ2n) is 10.9. The summed E-state index contributed by atoms with van der Waals surface area (Å²) in [5.41, 5.74) is 3.67. The minimum atomic E-state index is -0.785. The number of carbonyl (C=O) groups excluding carboxylic acids is 2. The number of methoxy groups -OCH3 is 1. The van der Waals surface area contributed by atoms with E-state index in [0.29, 0.717) is 19.4 Å². The fourth-order valence-corrected chi connectivity index (χ4v) is 6.02. The zero-order chi connectivity index (χ0) is 26.7. The minimum absolute atomic E-state index is 0.00197. The number of aromatic nitrogens is 2. The molecular weight excluding hydrogens is 466 g/mol. The van der Waals surface area contributed by atoms with Crippen molar-refractivity contribution in [1.82, 2.24) is 24.9 Å². The number of likely N-dealkylation sites (tertiary alicyclic amines) is 1. The van der Waals surface area contributed by atoms with E-state index in [9.17, 15) is 9.59 Å². The van der Waals surface area contributed by atoms with Crippen LogP contribution in [0.5, 0.6) is 0 Å². The van der Waals surface area contributed by atoms with Crippen LogP contribution in [0.15, 0.2) is 30.3 Å². The molecule has 2 fully saturated rings. The predicted octanol–water partition coefficient (Wildman–Crippen LogP) is 3.62. The van der Waals surface area contributed by atoms with Crippen LogP contribution < -0.4 is 5.32 Å². The number of benzene rings is 1. The number of ether oxygens (including phenoxy) is 1. The highest BCUT2D eigenvalue weighted by Gasteiger charge is 2.55. The number of amides is 2. The summed E-state index contributed by atoms with van der Waals surface area (Å²) in [4.78, 5) is 31.7. The average molecular weight is 510 g/mol. The number of aryl methyl sites for hydroxylation is 1. The number of para-hydroxylation sites is 1. The molecule has 0 saturated carbocycles. The number of carbonyl (C=O) groups is 2. The molecule has 2 saturated heterocycles. The van der Waals surface area contributed by atoms with Gasteiger partial charge in [-0.2, -0.15) is 5.10 Å². The molecule has 2 atom stereocenters. The molecular formula is C29H43N5O3. The first kappa shape index (κ1) is 27.3. The van der Waals surface area contributed by atoms with E-state index in [1.165, 1.54) is 5.56 Å². The van der Waals surface area contributed by atoms with Crippen molar-refractivity contribution in [2.45, 2.75) is 84.5 Å². The Labute approximate surface area is 221 Å². The highest BCUT2D eigenvalue weighted by molar-refractivity contribution is 6.00. The third-order valence-electron chi connectivity index (χ3n) is 8.26. The van der Waals surface area contributed by atoms with Gasteiger partial charge in [0.25, 0.3) is 0 Å². The third kappa shape index (κ3) is 5.18. The number of rotatable bonds is 9. The maximum absolute atomic E-state index is 13.8. The molecule has 3 heterocycles. The summed E-state index contributed by atoms with van der Waals surface area (Å²) in [7, 11) is 1.62. The van der Waals surface area contributed by atoms with Crippen molar-refractivity contribution in [1.29, 1.82) is 0 Å². The van der Waals surface area contributed by atoms with Gasteiger partial charge in [0.05, 0.1) is 17.5 Å². The normalized spacial score (nSPS) is 21.1. The fraction of sp³-hybridized carbons (Fsp3) is 0.621. The van der Waals surface area contributed by atoms with Crippen molar-refractivity contribution in [3.8, 4) is 5.69 Å². The van der Waals surface area contributed by atoms with Crippen LogP contribution >= 0.6 is 0 Å². The molecule has 8 heteroatoms. The average Bonchev–Trinajstić information content (AvgIpc) is 3.17. The Bertz CT molecular complexity index is 1090. The summed E-state index contributed by atoms with van der Waals surface area (Å²) in [6.45, 7) is 13.2. The molecule has 2 aliphatic heterocycles. The number of nitrogens with one attached hydrogen (secondary N) is 1. The van der Waals surface area contributed by atoms with Gasteiger partial charge in [0.1, 0.15) is 11.6 Å². The summed E-state index contributed by atoms with van der Waals surface area (Å²) in [6.07, 6.45) is 2.77. The Morgan fingerprint density at radius 3 is 2.41 bits per heavy atom. The lowest BCUT2D eigenvalue weighted by Gasteiger charge is -2.52. The number of piperazine rings is 1. The molecule has 1 aromatic carbocycles. The van der Waals surface area contributed by atoms with E-state index in [1.54, 1.807) is 7.11 Å². The maximum atomic E-state index is 13.8. The molecule has 1 aromatic heterocycles. The van der Waals surface area contributed by atoms with Gasteiger partial charge in [-0.15, -0.1) is 0 Å². The Morgan fingerprint density at radius 1 is 1.14 bits per heavy atom. The van der Waals surface area contributed by atoms with Crippen LogP contribution in [0.25, 0.3) is 5.69 Å². The highest BCUT2D eigenvalue weighted by Crippen LogP contribution is 2.35. The van der Waals surface area contributed by atoms with E-state index < -0.39 is 11.6 Å². The molecule has 2 aliphatic rings. The van der Waals surface area contributed by atoms with E-state index in [0.717, 1.165) is 49.6 Å². The molecule has 202 valence electrons. The summed E-state index contributed by atoms with van der Waals surface area (Å²) >= 11 is 0. The second-order valence-corrected chi connectivity index (χ2v) is 10.9. The Balaban J connectivity index is 1.51. The number of piperidine rings is 1. The topological polar surface area (TPSA) is 79.7 Å². The standard InChI is InChI=1S/C29H43N5O3/c1-7-8-16-33-27(35)25(26(37-6)20(2)3)30-28(36)29(33)14-17-32(18-15-29)19-24-21(4)31-34(22(24)5)23-12-10-9-11-13-23/h9-13,20,25-26H,7-8,14-19H2,1-6H3,(H,30,36)/t25-,26-/m1/s1. The lowest BCUT2D eigenvalue weighted by Crippen LogP contribution is -2.75. The van der Waals surface area contributed by atoms with Crippen LogP contribution in [0.2, 0.25) is 0 Å². The van der Waals surface area contributed by atoms with Gasteiger partial charge in [-0.25, -0.2) is 4.68 Å². The van der Waals surface area contributed by atoms with Gasteiger partial charge in [-0.05, 0) is 51.2 Å². The molecule has 37 heavy (non-hydrogen) atoms. The number of unbranched alkanes of at least 4 members (excludes halogenated alkanes) is 1. The zero-order valence-corrected chi connectivity index (χ0v) is 23.3. The van der Waals surface area contributed by atoms with Gasteiger partial charge in [-0.3, -0.25) is 14.5 Å². The molecule has 8 nitrogen and oxygen atoms in total. The molecule has 2 amide bonds. The van der Waals surface area contributed by atoms with E-state index in [2.05, 4.69) is 43.1 Å². The first-order valence-corrected chi connectivity index (χ1v) is 13.7. The first-order valence-electron chi connectivity index (χ1n) is 13.7. The van der Waals surface area contributed by atoms with E-state index in [1.807, 2.05) is 41.6 Å². The summed E-state index contributed by atoms with van der Waals surface area (Å²) in [5.74, 6) is 0.0872. The van der Waals surface area contributed by atoms with Gasteiger partial charge < -0.3 is 15.0 Å². The van der Waals surface area contributed by atoms with Gasteiger partial charge in [0.15, 0.2) is 0 Å². The van der Waals surface area contributed by atoms with Crippen LogP contribution in [0.1, 0.15) is 63.4 Å². The monoisotopic (exact) mass is 509 g/mol. The minimum Gasteiger partial charge on any atom is -0.378 e. The van der Waals surface area contributed by atoms with Gasteiger partial charge in [-0.1, -0.05) is 45.4 Å². The number of hydrogen-bond acceptors (Lipinski definition) is 5. The molecule has 2 aromatic rings. The highest BCUT2D eigenvalue weighted by atomic mass is 16.5. The van der Waals surface area contributed by atoms with Gasteiger partial charge in [0, 0.05) is 44.5 Å². The van der Waals surface area contributed by atoms with Crippen molar-refractivity contribution in [2.24, 2.45) is 5.92 Å². The maximum Gasteiger partial charge on any atom is 0.248 e.